The van der Waals surface area contributed by atoms with Crippen molar-refractivity contribution >= 4 is 11.8 Å². The summed E-state index contributed by atoms with van der Waals surface area (Å²) in [7, 11) is 1.88. The summed E-state index contributed by atoms with van der Waals surface area (Å²) in [5, 5.41) is 3.04. The third-order valence-electron chi connectivity index (χ3n) is 6.22. The molecule has 2 aliphatic rings. The molecule has 1 atom stereocenters. The first-order chi connectivity index (χ1) is 12.6. The van der Waals surface area contributed by atoms with E-state index in [1.807, 2.05) is 42.3 Å². The van der Waals surface area contributed by atoms with Crippen molar-refractivity contribution in [2.75, 3.05) is 7.05 Å². The van der Waals surface area contributed by atoms with Gasteiger partial charge in [-0.25, -0.2) is 0 Å². The van der Waals surface area contributed by atoms with Gasteiger partial charge in [0.15, 0.2) is 0 Å². The number of benzene rings is 1. The van der Waals surface area contributed by atoms with Gasteiger partial charge >= 0.3 is 0 Å². The van der Waals surface area contributed by atoms with E-state index in [4.69, 9.17) is 5.73 Å². The molecule has 0 saturated heterocycles. The second kappa shape index (κ2) is 8.67. The Bertz CT molecular complexity index is 607. The van der Waals surface area contributed by atoms with Crippen LogP contribution in [0.4, 0.5) is 0 Å². The molecule has 0 radical (unpaired) electrons. The summed E-state index contributed by atoms with van der Waals surface area (Å²) in [5.41, 5.74) is 7.39. The Morgan fingerprint density at radius 2 is 1.77 bits per heavy atom. The maximum atomic E-state index is 12.6. The monoisotopic (exact) mass is 357 g/mol. The van der Waals surface area contributed by atoms with Crippen LogP contribution >= 0.6 is 0 Å². The van der Waals surface area contributed by atoms with E-state index in [1.54, 1.807) is 0 Å². The highest BCUT2D eigenvalue weighted by molar-refractivity contribution is 5.82. The minimum Gasteiger partial charge on any atom is -0.352 e. The molecule has 142 valence electrons. The SMILES string of the molecule is CN(C(=O)[C@@H](N)C1CCC(C(=O)NCc2ccccc2)CC1)C1CCC1. The van der Waals surface area contributed by atoms with E-state index in [0.29, 0.717) is 12.6 Å². The third kappa shape index (κ3) is 4.44. The van der Waals surface area contributed by atoms with Crippen LogP contribution in [0.2, 0.25) is 0 Å². The Kier molecular flexibility index (Phi) is 6.30. The summed E-state index contributed by atoms with van der Waals surface area (Å²) in [6.45, 7) is 0.573. The molecule has 1 aromatic rings. The van der Waals surface area contributed by atoms with Gasteiger partial charge in [0.1, 0.15) is 0 Å². The predicted molar refractivity (Wildman–Crippen MR) is 102 cm³/mol. The lowest BCUT2D eigenvalue weighted by Gasteiger charge is -2.38. The lowest BCUT2D eigenvalue weighted by atomic mass is 9.77. The second-order valence-electron chi connectivity index (χ2n) is 7.87. The molecule has 2 fully saturated rings. The summed E-state index contributed by atoms with van der Waals surface area (Å²) in [4.78, 5) is 26.8. The molecule has 2 amide bonds. The second-order valence-corrected chi connectivity index (χ2v) is 7.87. The number of carbonyl (C=O) groups excluding carboxylic acids is 2. The first-order valence-electron chi connectivity index (χ1n) is 9.90. The zero-order valence-electron chi connectivity index (χ0n) is 15.7. The van der Waals surface area contributed by atoms with Crippen LogP contribution in [0.25, 0.3) is 0 Å². The third-order valence-corrected chi connectivity index (χ3v) is 6.22. The van der Waals surface area contributed by atoms with Crippen molar-refractivity contribution in [2.24, 2.45) is 17.6 Å². The van der Waals surface area contributed by atoms with Crippen LogP contribution in [0.1, 0.15) is 50.5 Å². The maximum absolute atomic E-state index is 12.6. The van der Waals surface area contributed by atoms with Crippen molar-refractivity contribution in [2.45, 2.75) is 63.6 Å². The van der Waals surface area contributed by atoms with E-state index < -0.39 is 6.04 Å². The van der Waals surface area contributed by atoms with Gasteiger partial charge in [-0.1, -0.05) is 30.3 Å². The quantitative estimate of drug-likeness (QED) is 0.821. The molecule has 2 aliphatic carbocycles. The molecule has 0 unspecified atom stereocenters. The average molecular weight is 357 g/mol. The minimum atomic E-state index is -0.422. The number of hydrogen-bond acceptors (Lipinski definition) is 3. The molecule has 3 rings (SSSR count). The van der Waals surface area contributed by atoms with Gasteiger partial charge in [0.2, 0.25) is 11.8 Å². The fraction of sp³-hybridized carbons (Fsp3) is 0.619. The van der Waals surface area contributed by atoms with Crippen LogP contribution in [0.15, 0.2) is 30.3 Å². The van der Waals surface area contributed by atoms with E-state index in [-0.39, 0.29) is 23.7 Å². The van der Waals surface area contributed by atoms with Gasteiger partial charge in [-0.2, -0.15) is 0 Å². The Morgan fingerprint density at radius 1 is 1.12 bits per heavy atom. The number of carbonyl (C=O) groups is 2. The smallest absolute Gasteiger partial charge is 0.239 e. The predicted octanol–water partition coefficient (Wildman–Crippen LogP) is 2.45. The number of likely N-dealkylation sites (N-methyl/N-ethyl adjacent to an activating group) is 1. The lowest BCUT2D eigenvalue weighted by molar-refractivity contribution is -0.136. The van der Waals surface area contributed by atoms with E-state index in [2.05, 4.69) is 5.32 Å². The summed E-state index contributed by atoms with van der Waals surface area (Å²) < 4.78 is 0. The van der Waals surface area contributed by atoms with Gasteiger partial charge < -0.3 is 16.0 Å². The van der Waals surface area contributed by atoms with Crippen LogP contribution in [0, 0.1) is 11.8 Å². The first kappa shape index (κ1) is 18.9. The molecule has 0 bridgehead atoms. The highest BCUT2D eigenvalue weighted by atomic mass is 16.2. The molecule has 0 aliphatic heterocycles. The van der Waals surface area contributed by atoms with Crippen molar-refractivity contribution < 1.29 is 9.59 Å². The number of nitrogens with zero attached hydrogens (tertiary/aromatic N) is 1. The van der Waals surface area contributed by atoms with Crippen LogP contribution in [0.3, 0.4) is 0 Å². The van der Waals surface area contributed by atoms with Gasteiger partial charge in [-0.05, 0) is 56.4 Å². The van der Waals surface area contributed by atoms with E-state index in [1.165, 1.54) is 6.42 Å². The lowest BCUT2D eigenvalue weighted by Crippen LogP contribution is -2.52. The van der Waals surface area contributed by atoms with Crippen molar-refractivity contribution in [3.05, 3.63) is 35.9 Å². The van der Waals surface area contributed by atoms with Crippen molar-refractivity contribution in [3.8, 4) is 0 Å². The number of hydrogen-bond donors (Lipinski definition) is 2. The van der Waals surface area contributed by atoms with Gasteiger partial charge in [0, 0.05) is 25.6 Å². The fourth-order valence-corrected chi connectivity index (χ4v) is 4.06. The van der Waals surface area contributed by atoms with Crippen molar-refractivity contribution in [1.29, 1.82) is 0 Å². The van der Waals surface area contributed by atoms with Gasteiger partial charge in [0.05, 0.1) is 6.04 Å². The van der Waals surface area contributed by atoms with Crippen molar-refractivity contribution in [1.82, 2.24) is 10.2 Å². The maximum Gasteiger partial charge on any atom is 0.239 e. The van der Waals surface area contributed by atoms with Crippen LogP contribution in [0.5, 0.6) is 0 Å². The Balaban J connectivity index is 1.43. The Morgan fingerprint density at radius 3 is 2.35 bits per heavy atom. The molecule has 3 N–H and O–H groups in total. The van der Waals surface area contributed by atoms with Gasteiger partial charge in [-0.15, -0.1) is 0 Å². The summed E-state index contributed by atoms with van der Waals surface area (Å²) in [5.74, 6) is 0.440. The minimum absolute atomic E-state index is 0.0432. The van der Waals surface area contributed by atoms with Crippen LogP contribution in [-0.4, -0.2) is 35.8 Å². The molecule has 0 aromatic heterocycles. The Hall–Kier alpha value is -1.88. The molecule has 5 heteroatoms. The van der Waals surface area contributed by atoms with Crippen LogP contribution < -0.4 is 11.1 Å². The van der Waals surface area contributed by atoms with E-state index in [9.17, 15) is 9.59 Å². The van der Waals surface area contributed by atoms with Gasteiger partial charge in [-0.3, -0.25) is 9.59 Å². The summed E-state index contributed by atoms with van der Waals surface area (Å²) >= 11 is 0. The number of amides is 2. The van der Waals surface area contributed by atoms with Crippen LogP contribution in [-0.2, 0) is 16.1 Å². The molecule has 0 spiro atoms. The highest BCUT2D eigenvalue weighted by Gasteiger charge is 2.35. The molecule has 5 nitrogen and oxygen atoms in total. The average Bonchev–Trinajstić information content (AvgIpc) is 2.64. The summed E-state index contributed by atoms with van der Waals surface area (Å²) in [6, 6.07) is 9.92. The topological polar surface area (TPSA) is 75.4 Å². The largest absolute Gasteiger partial charge is 0.352 e. The zero-order chi connectivity index (χ0) is 18.5. The number of nitrogens with two attached hydrogens (primary N) is 1. The molecule has 0 heterocycles. The Labute approximate surface area is 156 Å². The number of nitrogens with one attached hydrogen (secondary N) is 1. The van der Waals surface area contributed by atoms with E-state index >= 15 is 0 Å². The molecule has 1 aromatic carbocycles. The summed E-state index contributed by atoms with van der Waals surface area (Å²) in [6.07, 6.45) is 6.76. The molecule has 26 heavy (non-hydrogen) atoms. The molecule has 2 saturated carbocycles. The van der Waals surface area contributed by atoms with Crippen molar-refractivity contribution in [3.63, 3.8) is 0 Å². The standard InChI is InChI=1S/C21H31N3O2/c1-24(18-8-5-9-18)21(26)19(22)16-10-12-17(13-11-16)20(25)23-14-15-6-3-2-4-7-15/h2-4,6-7,16-19H,5,8-14,22H2,1H3,(H,23,25)/t16?,17?,19-/m0/s1. The molecular weight excluding hydrogens is 326 g/mol. The highest BCUT2D eigenvalue weighted by Crippen LogP contribution is 2.32. The molecular formula is C21H31N3O2. The fourth-order valence-electron chi connectivity index (χ4n) is 4.06. The normalized spacial score (nSPS) is 24.4. The van der Waals surface area contributed by atoms with Gasteiger partial charge in [0.25, 0.3) is 0 Å². The zero-order valence-corrected chi connectivity index (χ0v) is 15.7. The van der Waals surface area contributed by atoms with E-state index in [0.717, 1.165) is 44.1 Å². The number of rotatable bonds is 6. The first-order valence-corrected chi connectivity index (χ1v) is 9.90.